The molecule has 0 amide bonds. The average Bonchev–Trinajstić information content (AvgIpc) is 2.26. The second-order valence-electron chi connectivity index (χ2n) is 3.75. The van der Waals surface area contributed by atoms with Crippen LogP contribution in [0.1, 0.15) is 13.8 Å². The Bertz CT molecular complexity index is 392. The van der Waals surface area contributed by atoms with Gasteiger partial charge in [0.1, 0.15) is 5.82 Å². The van der Waals surface area contributed by atoms with E-state index in [1.807, 2.05) is 13.8 Å². The summed E-state index contributed by atoms with van der Waals surface area (Å²) in [6, 6.07) is 3.21. The lowest BCUT2D eigenvalue weighted by molar-refractivity contribution is -0.384. The van der Waals surface area contributed by atoms with Crippen LogP contribution >= 0.6 is 0 Å². The highest BCUT2D eigenvalue weighted by atomic mass is 16.6. The molecule has 0 unspecified atom stereocenters. The molecular weight excluding hydrogens is 208 g/mol. The normalized spacial score (nSPS) is 10.3. The van der Waals surface area contributed by atoms with Gasteiger partial charge in [0.2, 0.25) is 5.82 Å². The molecular formula is C10H16N4O2. The number of rotatable bonds is 4. The van der Waals surface area contributed by atoms with Gasteiger partial charge in [0.15, 0.2) is 0 Å². The Hall–Kier alpha value is -1.85. The van der Waals surface area contributed by atoms with Crippen LogP contribution in [0.5, 0.6) is 0 Å². The van der Waals surface area contributed by atoms with Crippen molar-refractivity contribution < 1.29 is 4.92 Å². The Morgan fingerprint density at radius 3 is 2.56 bits per heavy atom. The first-order valence-corrected chi connectivity index (χ1v) is 5.03. The second kappa shape index (κ2) is 4.78. The van der Waals surface area contributed by atoms with Gasteiger partial charge >= 0.3 is 5.69 Å². The number of nitrogens with zero attached hydrogens (tertiary/aromatic N) is 3. The van der Waals surface area contributed by atoms with Crippen LogP contribution in [-0.4, -0.2) is 30.0 Å². The molecule has 0 aliphatic carbocycles. The lowest BCUT2D eigenvalue weighted by Crippen LogP contribution is -2.27. The third-order valence-electron chi connectivity index (χ3n) is 2.42. The Kier molecular flexibility index (Phi) is 3.65. The molecule has 0 saturated heterocycles. The van der Waals surface area contributed by atoms with E-state index >= 15 is 0 Å². The summed E-state index contributed by atoms with van der Waals surface area (Å²) in [6.07, 6.45) is 0. The van der Waals surface area contributed by atoms with Crippen molar-refractivity contribution in [1.82, 2.24) is 4.98 Å². The molecule has 0 radical (unpaired) electrons. The lowest BCUT2D eigenvalue weighted by Gasteiger charge is -2.22. The summed E-state index contributed by atoms with van der Waals surface area (Å²) in [7, 11) is 3.52. The van der Waals surface area contributed by atoms with E-state index in [0.717, 1.165) is 0 Å². The number of nitrogens with one attached hydrogen (secondary N) is 1. The van der Waals surface area contributed by atoms with E-state index in [9.17, 15) is 10.1 Å². The molecule has 1 heterocycles. The first-order chi connectivity index (χ1) is 7.47. The van der Waals surface area contributed by atoms with Crippen molar-refractivity contribution in [3.8, 4) is 0 Å². The van der Waals surface area contributed by atoms with E-state index in [0.29, 0.717) is 11.6 Å². The van der Waals surface area contributed by atoms with Gasteiger partial charge in [0.25, 0.3) is 0 Å². The van der Waals surface area contributed by atoms with Crippen LogP contribution in [0.15, 0.2) is 12.1 Å². The highest BCUT2D eigenvalue weighted by Gasteiger charge is 2.20. The molecule has 0 atom stereocenters. The van der Waals surface area contributed by atoms with E-state index in [1.54, 1.807) is 25.1 Å². The van der Waals surface area contributed by atoms with Gasteiger partial charge in [0.05, 0.1) is 4.92 Å². The van der Waals surface area contributed by atoms with Gasteiger partial charge in [-0.25, -0.2) is 4.98 Å². The van der Waals surface area contributed by atoms with Crippen molar-refractivity contribution in [3.05, 3.63) is 22.2 Å². The molecule has 0 bridgehead atoms. The zero-order valence-corrected chi connectivity index (χ0v) is 9.89. The maximum absolute atomic E-state index is 10.9. The SMILES string of the molecule is CNc1ccc([N+](=O)[O-])c(N(C)C(C)C)n1. The van der Waals surface area contributed by atoms with Crippen LogP contribution < -0.4 is 10.2 Å². The zero-order chi connectivity index (χ0) is 12.3. The largest absolute Gasteiger partial charge is 0.373 e. The number of aromatic nitrogens is 1. The summed E-state index contributed by atoms with van der Waals surface area (Å²) < 4.78 is 0. The zero-order valence-electron chi connectivity index (χ0n) is 9.89. The van der Waals surface area contributed by atoms with Gasteiger partial charge in [-0.3, -0.25) is 10.1 Å². The minimum atomic E-state index is -0.416. The molecule has 0 saturated carbocycles. The Labute approximate surface area is 94.4 Å². The van der Waals surface area contributed by atoms with Crippen LogP contribution in [0.3, 0.4) is 0 Å². The summed E-state index contributed by atoms with van der Waals surface area (Å²) in [5.41, 5.74) is 0.0233. The highest BCUT2D eigenvalue weighted by Crippen LogP contribution is 2.27. The Balaban J connectivity index is 3.25. The summed E-state index contributed by atoms with van der Waals surface area (Å²) in [5.74, 6) is 1.000. The van der Waals surface area contributed by atoms with Crippen molar-refractivity contribution in [1.29, 1.82) is 0 Å². The summed E-state index contributed by atoms with van der Waals surface area (Å²) in [6.45, 7) is 3.91. The topological polar surface area (TPSA) is 71.3 Å². The summed E-state index contributed by atoms with van der Waals surface area (Å²) in [5, 5.41) is 13.7. The monoisotopic (exact) mass is 224 g/mol. The van der Waals surface area contributed by atoms with E-state index in [2.05, 4.69) is 10.3 Å². The minimum absolute atomic E-state index is 0.0233. The molecule has 6 heteroatoms. The number of anilines is 2. The molecule has 0 aliphatic heterocycles. The molecule has 0 spiro atoms. The quantitative estimate of drug-likeness (QED) is 0.624. The fraction of sp³-hybridized carbons (Fsp3) is 0.500. The molecule has 1 aromatic heterocycles. The number of hydrogen-bond acceptors (Lipinski definition) is 5. The van der Waals surface area contributed by atoms with Crippen LogP contribution in [0, 0.1) is 10.1 Å². The molecule has 16 heavy (non-hydrogen) atoms. The standard InChI is InChI=1S/C10H16N4O2/c1-7(2)13(4)10-8(14(15)16)5-6-9(11-3)12-10/h5-7H,1-4H3,(H,11,12). The predicted molar refractivity (Wildman–Crippen MR) is 64.0 cm³/mol. The van der Waals surface area contributed by atoms with Gasteiger partial charge in [-0.15, -0.1) is 0 Å². The van der Waals surface area contributed by atoms with Gasteiger partial charge in [0, 0.05) is 26.2 Å². The first-order valence-electron chi connectivity index (χ1n) is 5.03. The summed E-state index contributed by atoms with van der Waals surface area (Å²) >= 11 is 0. The molecule has 1 N–H and O–H groups in total. The smallest absolute Gasteiger partial charge is 0.311 e. The van der Waals surface area contributed by atoms with Crippen molar-refractivity contribution >= 4 is 17.3 Å². The van der Waals surface area contributed by atoms with Gasteiger partial charge in [-0.05, 0) is 19.9 Å². The fourth-order valence-electron chi connectivity index (χ4n) is 1.23. The minimum Gasteiger partial charge on any atom is -0.373 e. The fourth-order valence-corrected chi connectivity index (χ4v) is 1.23. The predicted octanol–water partition coefficient (Wildman–Crippen LogP) is 1.88. The molecule has 0 aliphatic rings. The summed E-state index contributed by atoms with van der Waals surface area (Å²) in [4.78, 5) is 16.4. The Morgan fingerprint density at radius 1 is 1.50 bits per heavy atom. The number of nitro groups is 1. The third-order valence-corrected chi connectivity index (χ3v) is 2.42. The molecule has 1 rings (SSSR count). The lowest BCUT2D eigenvalue weighted by atomic mass is 10.3. The van der Waals surface area contributed by atoms with E-state index in [-0.39, 0.29) is 11.7 Å². The van der Waals surface area contributed by atoms with Crippen LogP contribution in [0.25, 0.3) is 0 Å². The average molecular weight is 224 g/mol. The van der Waals surface area contributed by atoms with Gasteiger partial charge < -0.3 is 10.2 Å². The molecule has 6 nitrogen and oxygen atoms in total. The maximum atomic E-state index is 10.9. The van der Waals surface area contributed by atoms with Crippen molar-refractivity contribution in [2.75, 3.05) is 24.3 Å². The number of pyridine rings is 1. The second-order valence-corrected chi connectivity index (χ2v) is 3.75. The van der Waals surface area contributed by atoms with Crippen LogP contribution in [-0.2, 0) is 0 Å². The van der Waals surface area contributed by atoms with E-state index < -0.39 is 4.92 Å². The van der Waals surface area contributed by atoms with E-state index in [1.165, 1.54) is 6.07 Å². The van der Waals surface area contributed by atoms with Crippen LogP contribution in [0.4, 0.5) is 17.3 Å². The van der Waals surface area contributed by atoms with Crippen LogP contribution in [0.2, 0.25) is 0 Å². The molecule has 88 valence electrons. The highest BCUT2D eigenvalue weighted by molar-refractivity contribution is 5.61. The van der Waals surface area contributed by atoms with Crippen molar-refractivity contribution in [2.24, 2.45) is 0 Å². The number of hydrogen-bond donors (Lipinski definition) is 1. The van der Waals surface area contributed by atoms with Crippen molar-refractivity contribution in [3.63, 3.8) is 0 Å². The molecule has 1 aromatic rings. The van der Waals surface area contributed by atoms with E-state index in [4.69, 9.17) is 0 Å². The first kappa shape index (κ1) is 12.2. The maximum Gasteiger partial charge on any atom is 0.311 e. The van der Waals surface area contributed by atoms with Gasteiger partial charge in [-0.2, -0.15) is 0 Å². The van der Waals surface area contributed by atoms with Gasteiger partial charge in [-0.1, -0.05) is 0 Å². The molecule has 0 fully saturated rings. The Morgan fingerprint density at radius 2 is 2.12 bits per heavy atom. The van der Waals surface area contributed by atoms with Crippen molar-refractivity contribution in [2.45, 2.75) is 19.9 Å². The molecule has 0 aromatic carbocycles. The third kappa shape index (κ3) is 2.39.